The van der Waals surface area contributed by atoms with Crippen LogP contribution in [0, 0.1) is 5.92 Å². The maximum absolute atomic E-state index is 5.27. The van der Waals surface area contributed by atoms with Gasteiger partial charge in [-0.2, -0.15) is 4.98 Å². The molecule has 5 nitrogen and oxygen atoms in total. The molecule has 1 aliphatic carbocycles. The lowest BCUT2D eigenvalue weighted by Crippen LogP contribution is -2.33. The molecule has 0 aromatic carbocycles. The summed E-state index contributed by atoms with van der Waals surface area (Å²) in [6.45, 7) is 6.31. The van der Waals surface area contributed by atoms with Crippen molar-refractivity contribution in [1.29, 1.82) is 0 Å². The second-order valence-electron chi connectivity index (χ2n) is 4.84. The van der Waals surface area contributed by atoms with Gasteiger partial charge in [0.15, 0.2) is 5.82 Å². The maximum Gasteiger partial charge on any atom is 0.228 e. The van der Waals surface area contributed by atoms with Crippen LogP contribution in [0.2, 0.25) is 0 Å². The number of nitrogens with zero attached hydrogens (tertiary/aromatic N) is 2. The second kappa shape index (κ2) is 6.85. The number of nitrogens with one attached hydrogen (secondary N) is 1. The molecule has 5 heteroatoms. The standard InChI is InChI=1S/C13H23N3O2/c1-3-7-14-11(10-5-6-10)8-13-15-12(16-18-13)9-17-4-2/h10-11,14H,3-9H2,1-2H3. The molecule has 1 N–H and O–H groups in total. The Hall–Kier alpha value is -0.940. The van der Waals surface area contributed by atoms with Gasteiger partial charge in [0.25, 0.3) is 0 Å². The summed E-state index contributed by atoms with van der Waals surface area (Å²) in [5.74, 6) is 2.17. The molecule has 1 aliphatic rings. The molecule has 1 unspecified atom stereocenters. The summed E-state index contributed by atoms with van der Waals surface area (Å²) < 4.78 is 10.5. The first kappa shape index (κ1) is 13.5. The number of ether oxygens (including phenoxy) is 1. The fourth-order valence-electron chi connectivity index (χ4n) is 2.05. The summed E-state index contributed by atoms with van der Waals surface area (Å²) in [7, 11) is 0. The fourth-order valence-corrected chi connectivity index (χ4v) is 2.05. The zero-order valence-corrected chi connectivity index (χ0v) is 11.3. The fraction of sp³-hybridized carbons (Fsp3) is 0.846. The molecule has 1 fully saturated rings. The molecule has 18 heavy (non-hydrogen) atoms. The summed E-state index contributed by atoms with van der Waals surface area (Å²) in [6.07, 6.45) is 4.63. The molecular formula is C13H23N3O2. The largest absolute Gasteiger partial charge is 0.374 e. The molecule has 1 aromatic rings. The Balaban J connectivity index is 1.83. The number of aromatic nitrogens is 2. The first-order valence-corrected chi connectivity index (χ1v) is 6.96. The van der Waals surface area contributed by atoms with Crippen LogP contribution in [0.5, 0.6) is 0 Å². The van der Waals surface area contributed by atoms with E-state index in [9.17, 15) is 0 Å². The van der Waals surface area contributed by atoms with Gasteiger partial charge in [-0.3, -0.25) is 0 Å². The first-order chi connectivity index (χ1) is 8.83. The van der Waals surface area contributed by atoms with Crippen LogP contribution in [0.4, 0.5) is 0 Å². The summed E-state index contributed by atoms with van der Waals surface area (Å²) in [5.41, 5.74) is 0. The Kier molecular flexibility index (Phi) is 5.13. The van der Waals surface area contributed by atoms with Crippen molar-refractivity contribution in [1.82, 2.24) is 15.5 Å². The van der Waals surface area contributed by atoms with Crippen LogP contribution in [-0.4, -0.2) is 29.3 Å². The Labute approximate surface area is 108 Å². The van der Waals surface area contributed by atoms with Gasteiger partial charge in [0.05, 0.1) is 0 Å². The molecule has 2 rings (SSSR count). The van der Waals surface area contributed by atoms with Crippen LogP contribution in [0.3, 0.4) is 0 Å². The number of hydrogen-bond donors (Lipinski definition) is 1. The Morgan fingerprint density at radius 1 is 1.44 bits per heavy atom. The summed E-state index contributed by atoms with van der Waals surface area (Å²) in [5, 5.41) is 7.50. The van der Waals surface area contributed by atoms with Crippen molar-refractivity contribution in [3.8, 4) is 0 Å². The number of hydrogen-bond acceptors (Lipinski definition) is 5. The van der Waals surface area contributed by atoms with Crippen molar-refractivity contribution in [2.75, 3.05) is 13.2 Å². The highest BCUT2D eigenvalue weighted by Crippen LogP contribution is 2.33. The Morgan fingerprint density at radius 3 is 2.94 bits per heavy atom. The molecule has 102 valence electrons. The van der Waals surface area contributed by atoms with Crippen molar-refractivity contribution in [2.24, 2.45) is 5.92 Å². The normalized spacial score (nSPS) is 17.0. The van der Waals surface area contributed by atoms with Gasteiger partial charge < -0.3 is 14.6 Å². The van der Waals surface area contributed by atoms with E-state index in [-0.39, 0.29) is 0 Å². The third-order valence-electron chi connectivity index (χ3n) is 3.19. The minimum atomic E-state index is 0.441. The third-order valence-corrected chi connectivity index (χ3v) is 3.19. The summed E-state index contributed by atoms with van der Waals surface area (Å²) >= 11 is 0. The molecule has 0 radical (unpaired) electrons. The van der Waals surface area contributed by atoms with Crippen LogP contribution >= 0.6 is 0 Å². The average Bonchev–Trinajstić information content (AvgIpc) is 3.13. The van der Waals surface area contributed by atoms with Crippen LogP contribution < -0.4 is 5.32 Å². The van der Waals surface area contributed by atoms with Gasteiger partial charge in [-0.25, -0.2) is 0 Å². The van der Waals surface area contributed by atoms with Gasteiger partial charge >= 0.3 is 0 Å². The van der Waals surface area contributed by atoms with E-state index in [0.29, 0.717) is 25.1 Å². The number of rotatable bonds is 9. The highest BCUT2D eigenvalue weighted by atomic mass is 16.5. The van der Waals surface area contributed by atoms with E-state index in [2.05, 4.69) is 22.4 Å². The van der Waals surface area contributed by atoms with Crippen LogP contribution in [-0.2, 0) is 17.8 Å². The smallest absolute Gasteiger partial charge is 0.228 e. The van der Waals surface area contributed by atoms with Gasteiger partial charge in [-0.15, -0.1) is 0 Å². The van der Waals surface area contributed by atoms with Gasteiger partial charge in [0.1, 0.15) is 6.61 Å². The lowest BCUT2D eigenvalue weighted by molar-refractivity contribution is 0.126. The van der Waals surface area contributed by atoms with Crippen molar-refractivity contribution >= 4 is 0 Å². The molecule has 1 aromatic heterocycles. The summed E-state index contributed by atoms with van der Waals surface area (Å²) in [4.78, 5) is 4.36. The highest BCUT2D eigenvalue weighted by Gasteiger charge is 2.32. The Morgan fingerprint density at radius 2 is 2.28 bits per heavy atom. The zero-order valence-electron chi connectivity index (χ0n) is 11.3. The van der Waals surface area contributed by atoms with E-state index in [1.807, 2.05) is 6.92 Å². The third kappa shape index (κ3) is 4.07. The molecular weight excluding hydrogens is 230 g/mol. The van der Waals surface area contributed by atoms with Gasteiger partial charge in [0.2, 0.25) is 5.89 Å². The topological polar surface area (TPSA) is 60.2 Å². The summed E-state index contributed by atoms with van der Waals surface area (Å²) in [6, 6.07) is 0.491. The van der Waals surface area contributed by atoms with Gasteiger partial charge in [0, 0.05) is 19.1 Å². The van der Waals surface area contributed by atoms with Crippen LogP contribution in [0.25, 0.3) is 0 Å². The van der Waals surface area contributed by atoms with E-state index < -0.39 is 0 Å². The van der Waals surface area contributed by atoms with E-state index in [1.165, 1.54) is 12.8 Å². The van der Waals surface area contributed by atoms with E-state index >= 15 is 0 Å². The maximum atomic E-state index is 5.27. The van der Waals surface area contributed by atoms with Crippen molar-refractivity contribution in [3.05, 3.63) is 11.7 Å². The lowest BCUT2D eigenvalue weighted by atomic mass is 10.1. The zero-order chi connectivity index (χ0) is 12.8. The highest BCUT2D eigenvalue weighted by molar-refractivity contribution is 4.94. The monoisotopic (exact) mass is 253 g/mol. The molecule has 0 amide bonds. The predicted octanol–water partition coefficient (Wildman–Crippen LogP) is 1.93. The second-order valence-corrected chi connectivity index (χ2v) is 4.84. The van der Waals surface area contributed by atoms with Crippen molar-refractivity contribution in [3.63, 3.8) is 0 Å². The van der Waals surface area contributed by atoms with Crippen molar-refractivity contribution < 1.29 is 9.26 Å². The van der Waals surface area contributed by atoms with Gasteiger partial charge in [-0.1, -0.05) is 12.1 Å². The van der Waals surface area contributed by atoms with E-state index in [1.54, 1.807) is 0 Å². The first-order valence-electron chi connectivity index (χ1n) is 6.96. The predicted molar refractivity (Wildman–Crippen MR) is 68.1 cm³/mol. The van der Waals surface area contributed by atoms with Gasteiger partial charge in [-0.05, 0) is 38.6 Å². The molecule has 0 bridgehead atoms. The molecule has 0 saturated heterocycles. The van der Waals surface area contributed by atoms with E-state index in [0.717, 1.165) is 31.2 Å². The minimum absolute atomic E-state index is 0.441. The van der Waals surface area contributed by atoms with Crippen molar-refractivity contribution in [2.45, 2.75) is 52.2 Å². The van der Waals surface area contributed by atoms with Crippen LogP contribution in [0.1, 0.15) is 44.8 Å². The average molecular weight is 253 g/mol. The van der Waals surface area contributed by atoms with Crippen LogP contribution in [0.15, 0.2) is 4.52 Å². The Bertz CT molecular complexity index is 350. The molecule has 1 atom stereocenters. The molecule has 0 aliphatic heterocycles. The quantitative estimate of drug-likeness (QED) is 0.728. The lowest BCUT2D eigenvalue weighted by Gasteiger charge is -2.15. The minimum Gasteiger partial charge on any atom is -0.374 e. The molecule has 1 heterocycles. The molecule has 0 spiro atoms. The van der Waals surface area contributed by atoms with E-state index in [4.69, 9.17) is 9.26 Å². The SMILES string of the molecule is CCCNC(Cc1nc(COCC)no1)C1CC1. The molecule has 1 saturated carbocycles.